The zero-order chi connectivity index (χ0) is 16.6. The summed E-state index contributed by atoms with van der Waals surface area (Å²) >= 11 is 0. The summed E-state index contributed by atoms with van der Waals surface area (Å²) in [6.07, 6.45) is 0. The molecule has 0 radical (unpaired) electrons. The van der Waals surface area contributed by atoms with Crippen LogP contribution in [0.3, 0.4) is 0 Å². The lowest BCUT2D eigenvalue weighted by atomic mass is 10.1. The molecular weight excluding hydrogens is 300 g/mol. The molecule has 0 bridgehead atoms. The average Bonchev–Trinajstić information content (AvgIpc) is 2.96. The van der Waals surface area contributed by atoms with Crippen LogP contribution in [-0.4, -0.2) is 35.5 Å². The normalized spacial score (nSPS) is 10.8. The minimum Gasteiger partial charge on any atom is -0.497 e. The van der Waals surface area contributed by atoms with Crippen molar-refractivity contribution in [2.45, 2.75) is 0 Å². The van der Waals surface area contributed by atoms with Crippen LogP contribution < -0.4 is 23.7 Å². The van der Waals surface area contributed by atoms with E-state index in [9.17, 15) is 0 Å². The Morgan fingerprint density at radius 2 is 1.26 bits per heavy atom. The molecule has 6 nitrogen and oxygen atoms in total. The Kier molecular flexibility index (Phi) is 3.82. The summed E-state index contributed by atoms with van der Waals surface area (Å²) in [5.74, 6) is 2.76. The lowest BCUT2D eigenvalue weighted by Gasteiger charge is -2.11. The highest BCUT2D eigenvalue weighted by molar-refractivity contribution is 6.10. The number of benzene rings is 2. The van der Waals surface area contributed by atoms with Gasteiger partial charge >= 0.3 is 0 Å². The van der Waals surface area contributed by atoms with Crippen LogP contribution in [0.25, 0.3) is 21.9 Å². The van der Waals surface area contributed by atoms with Gasteiger partial charge in [-0.1, -0.05) is 0 Å². The first-order valence-electron chi connectivity index (χ1n) is 6.95. The standard InChI is InChI=1S/C17H18O6/c1-18-9-6-10-11-8-13(20-3)16(21-4)17(22-5)15(11)23-14(10)12(7-9)19-2/h6-8H,1-5H3. The van der Waals surface area contributed by atoms with Gasteiger partial charge in [-0.25, -0.2) is 0 Å². The molecule has 0 amide bonds. The highest BCUT2D eigenvalue weighted by Gasteiger charge is 2.23. The highest BCUT2D eigenvalue weighted by Crippen LogP contribution is 2.48. The van der Waals surface area contributed by atoms with Crippen molar-refractivity contribution in [2.24, 2.45) is 0 Å². The topological polar surface area (TPSA) is 59.3 Å². The van der Waals surface area contributed by atoms with E-state index in [4.69, 9.17) is 28.1 Å². The quantitative estimate of drug-likeness (QED) is 0.716. The third kappa shape index (κ3) is 2.18. The average molecular weight is 318 g/mol. The number of ether oxygens (including phenoxy) is 5. The largest absolute Gasteiger partial charge is 0.497 e. The molecule has 122 valence electrons. The van der Waals surface area contributed by atoms with Crippen LogP contribution in [-0.2, 0) is 0 Å². The van der Waals surface area contributed by atoms with Gasteiger partial charge in [0, 0.05) is 16.8 Å². The van der Waals surface area contributed by atoms with Gasteiger partial charge in [0.15, 0.2) is 22.7 Å². The van der Waals surface area contributed by atoms with E-state index in [1.165, 1.54) is 0 Å². The third-order valence-electron chi connectivity index (χ3n) is 3.76. The van der Waals surface area contributed by atoms with Crippen molar-refractivity contribution in [3.8, 4) is 28.7 Å². The molecule has 2 aromatic carbocycles. The van der Waals surface area contributed by atoms with Gasteiger partial charge in [-0.3, -0.25) is 0 Å². The van der Waals surface area contributed by atoms with Gasteiger partial charge in [-0.15, -0.1) is 0 Å². The Balaban J connectivity index is 2.49. The lowest BCUT2D eigenvalue weighted by Crippen LogP contribution is -1.95. The number of furan rings is 1. The number of hydrogen-bond donors (Lipinski definition) is 0. The van der Waals surface area contributed by atoms with Crippen LogP contribution in [0, 0.1) is 0 Å². The number of fused-ring (bicyclic) bond motifs is 3. The second-order valence-corrected chi connectivity index (χ2v) is 4.83. The molecule has 0 aliphatic heterocycles. The summed E-state index contributed by atoms with van der Waals surface area (Å²) < 4.78 is 33.0. The zero-order valence-corrected chi connectivity index (χ0v) is 13.7. The predicted molar refractivity (Wildman–Crippen MR) is 86.5 cm³/mol. The second kappa shape index (κ2) is 5.79. The van der Waals surface area contributed by atoms with Gasteiger partial charge in [0.2, 0.25) is 11.5 Å². The number of rotatable bonds is 5. The lowest BCUT2D eigenvalue weighted by molar-refractivity contribution is 0.324. The minimum atomic E-state index is 0.471. The van der Waals surface area contributed by atoms with E-state index in [1.54, 1.807) is 41.6 Å². The van der Waals surface area contributed by atoms with E-state index in [1.807, 2.05) is 12.1 Å². The van der Waals surface area contributed by atoms with Crippen molar-refractivity contribution >= 4 is 21.9 Å². The first kappa shape index (κ1) is 15.1. The van der Waals surface area contributed by atoms with E-state index in [0.717, 1.165) is 10.8 Å². The fourth-order valence-electron chi connectivity index (χ4n) is 2.69. The van der Waals surface area contributed by atoms with Crippen LogP contribution in [0.1, 0.15) is 0 Å². The highest BCUT2D eigenvalue weighted by atomic mass is 16.5. The molecule has 3 rings (SSSR count). The van der Waals surface area contributed by atoms with E-state index in [0.29, 0.717) is 39.9 Å². The van der Waals surface area contributed by atoms with Crippen LogP contribution in [0.15, 0.2) is 22.6 Å². The van der Waals surface area contributed by atoms with Crippen LogP contribution in [0.2, 0.25) is 0 Å². The second-order valence-electron chi connectivity index (χ2n) is 4.83. The minimum absolute atomic E-state index is 0.471. The van der Waals surface area contributed by atoms with Crippen molar-refractivity contribution in [1.82, 2.24) is 0 Å². The van der Waals surface area contributed by atoms with E-state index in [-0.39, 0.29) is 0 Å². The summed E-state index contributed by atoms with van der Waals surface area (Å²) in [5, 5.41) is 1.67. The monoisotopic (exact) mass is 318 g/mol. The van der Waals surface area contributed by atoms with Crippen molar-refractivity contribution in [1.29, 1.82) is 0 Å². The third-order valence-corrected chi connectivity index (χ3v) is 3.76. The maximum absolute atomic E-state index is 6.00. The first-order chi connectivity index (χ1) is 11.2. The van der Waals surface area contributed by atoms with Crippen molar-refractivity contribution in [3.63, 3.8) is 0 Å². The van der Waals surface area contributed by atoms with E-state index in [2.05, 4.69) is 0 Å². The Morgan fingerprint density at radius 3 is 1.83 bits per heavy atom. The molecular formula is C17H18O6. The molecule has 0 atom stereocenters. The Labute approximate surface area is 133 Å². The Hall–Kier alpha value is -2.76. The summed E-state index contributed by atoms with van der Waals surface area (Å²) in [6, 6.07) is 5.50. The van der Waals surface area contributed by atoms with Gasteiger partial charge in [0.1, 0.15) is 5.75 Å². The summed E-state index contributed by atoms with van der Waals surface area (Å²) in [6.45, 7) is 0. The first-order valence-corrected chi connectivity index (χ1v) is 6.95. The molecule has 0 saturated carbocycles. The van der Waals surface area contributed by atoms with Gasteiger partial charge in [-0.2, -0.15) is 0 Å². The molecule has 0 aliphatic carbocycles. The maximum Gasteiger partial charge on any atom is 0.208 e. The number of hydrogen-bond acceptors (Lipinski definition) is 6. The van der Waals surface area contributed by atoms with Gasteiger partial charge in [0.05, 0.1) is 35.5 Å². The van der Waals surface area contributed by atoms with Crippen LogP contribution >= 0.6 is 0 Å². The Morgan fingerprint density at radius 1 is 0.609 bits per heavy atom. The summed E-state index contributed by atoms with van der Waals surface area (Å²) in [4.78, 5) is 0. The molecule has 0 fully saturated rings. The predicted octanol–water partition coefficient (Wildman–Crippen LogP) is 3.63. The SMILES string of the molecule is COc1cc(OC)c2oc3c(OC)c(OC)c(OC)cc3c2c1. The van der Waals surface area contributed by atoms with E-state index >= 15 is 0 Å². The maximum atomic E-state index is 6.00. The van der Waals surface area contributed by atoms with Gasteiger partial charge in [-0.05, 0) is 12.1 Å². The van der Waals surface area contributed by atoms with Gasteiger partial charge < -0.3 is 28.1 Å². The van der Waals surface area contributed by atoms with Crippen LogP contribution in [0.4, 0.5) is 0 Å². The van der Waals surface area contributed by atoms with Crippen molar-refractivity contribution in [2.75, 3.05) is 35.5 Å². The molecule has 0 spiro atoms. The molecule has 1 heterocycles. The molecule has 1 aromatic heterocycles. The molecule has 0 unspecified atom stereocenters. The fourth-order valence-corrected chi connectivity index (χ4v) is 2.69. The van der Waals surface area contributed by atoms with Crippen molar-refractivity contribution < 1.29 is 28.1 Å². The summed E-state index contributed by atoms with van der Waals surface area (Å²) in [5.41, 5.74) is 1.17. The van der Waals surface area contributed by atoms with E-state index < -0.39 is 0 Å². The molecule has 3 aromatic rings. The molecule has 0 N–H and O–H groups in total. The smallest absolute Gasteiger partial charge is 0.208 e. The van der Waals surface area contributed by atoms with Crippen LogP contribution in [0.5, 0.6) is 28.7 Å². The van der Waals surface area contributed by atoms with Gasteiger partial charge in [0.25, 0.3) is 0 Å². The molecule has 23 heavy (non-hydrogen) atoms. The Bertz CT molecular complexity index is 865. The molecule has 6 heteroatoms. The molecule has 0 aliphatic rings. The van der Waals surface area contributed by atoms with Crippen molar-refractivity contribution in [3.05, 3.63) is 18.2 Å². The zero-order valence-electron chi connectivity index (χ0n) is 13.7. The fraction of sp³-hybridized carbons (Fsp3) is 0.294. The molecule has 0 saturated heterocycles. The summed E-state index contributed by atoms with van der Waals surface area (Å²) in [7, 11) is 7.87. The number of methoxy groups -OCH3 is 5.